The molecule has 1 saturated heterocycles. The monoisotopic (exact) mass is 280 g/mol. The summed E-state index contributed by atoms with van der Waals surface area (Å²) in [5, 5.41) is 3.00. The van der Waals surface area contributed by atoms with Gasteiger partial charge in [-0.1, -0.05) is 11.8 Å². The zero-order valence-corrected chi connectivity index (χ0v) is 11.7. The molecule has 1 fully saturated rings. The molecule has 0 spiro atoms. The molecule has 0 radical (unpaired) electrons. The fraction of sp³-hybridized carbons (Fsp3) is 0.462. The molecule has 2 rings (SSSR count). The second-order valence-corrected chi connectivity index (χ2v) is 6.34. The van der Waals surface area contributed by atoms with Gasteiger partial charge in [-0.3, -0.25) is 4.79 Å². The average molecular weight is 280 g/mol. The molecule has 3 N–H and O–H groups in total. The quantitative estimate of drug-likeness (QED) is 0.826. The molecule has 2 heterocycles. The molecule has 0 bridgehead atoms. The zero-order chi connectivity index (χ0) is 12.8. The Kier molecular flexibility index (Phi) is 5.12. The van der Waals surface area contributed by atoms with Crippen LogP contribution in [0, 0.1) is 17.8 Å². The molecule has 1 aromatic heterocycles. The Morgan fingerprint density at radius 3 is 3.17 bits per heavy atom. The predicted molar refractivity (Wildman–Crippen MR) is 78.0 cm³/mol. The summed E-state index contributed by atoms with van der Waals surface area (Å²) in [6, 6.07) is 3.69. The summed E-state index contributed by atoms with van der Waals surface area (Å²) in [5.41, 5.74) is 5.31. The number of rotatable bonds is 3. The molecule has 18 heavy (non-hydrogen) atoms. The molecule has 1 aliphatic rings. The minimum absolute atomic E-state index is 0.0118. The third-order valence-electron chi connectivity index (χ3n) is 2.72. The van der Waals surface area contributed by atoms with Crippen LogP contribution in [0.4, 0.5) is 0 Å². The van der Waals surface area contributed by atoms with Gasteiger partial charge in [-0.05, 0) is 36.0 Å². The van der Waals surface area contributed by atoms with Crippen LogP contribution in [0.15, 0.2) is 12.1 Å². The Morgan fingerprint density at radius 2 is 2.44 bits per heavy atom. The first-order valence-corrected chi connectivity index (χ1v) is 7.91. The third-order valence-corrected chi connectivity index (χ3v) is 4.95. The first-order valence-electron chi connectivity index (χ1n) is 5.94. The van der Waals surface area contributed by atoms with Crippen molar-refractivity contribution >= 4 is 29.0 Å². The van der Waals surface area contributed by atoms with Crippen LogP contribution in [0.5, 0.6) is 0 Å². The maximum Gasteiger partial charge on any atom is 0.261 e. The number of hydrogen-bond acceptors (Lipinski definition) is 4. The van der Waals surface area contributed by atoms with Gasteiger partial charge in [0.2, 0.25) is 0 Å². The van der Waals surface area contributed by atoms with E-state index in [0.717, 1.165) is 22.1 Å². The number of carbonyl (C=O) groups is 1. The van der Waals surface area contributed by atoms with E-state index >= 15 is 0 Å². The Balaban J connectivity index is 1.86. The SMILES string of the molecule is NCC#Cc1ccc(C(=O)NCC2CCSC2)s1. The summed E-state index contributed by atoms with van der Waals surface area (Å²) in [6.07, 6.45) is 1.21. The van der Waals surface area contributed by atoms with Crippen molar-refractivity contribution in [2.24, 2.45) is 11.7 Å². The fourth-order valence-electron chi connectivity index (χ4n) is 1.73. The average Bonchev–Trinajstić information content (AvgIpc) is 3.04. The van der Waals surface area contributed by atoms with Gasteiger partial charge in [-0.2, -0.15) is 11.8 Å². The van der Waals surface area contributed by atoms with Gasteiger partial charge < -0.3 is 11.1 Å². The van der Waals surface area contributed by atoms with Crippen LogP contribution in [0.1, 0.15) is 21.0 Å². The lowest BCUT2D eigenvalue weighted by Gasteiger charge is -2.08. The maximum atomic E-state index is 11.9. The van der Waals surface area contributed by atoms with Crippen molar-refractivity contribution in [2.45, 2.75) is 6.42 Å². The number of amides is 1. The van der Waals surface area contributed by atoms with Gasteiger partial charge in [0.05, 0.1) is 16.3 Å². The maximum absolute atomic E-state index is 11.9. The van der Waals surface area contributed by atoms with E-state index in [0.29, 0.717) is 12.5 Å². The summed E-state index contributed by atoms with van der Waals surface area (Å²) in [4.78, 5) is 13.5. The van der Waals surface area contributed by atoms with Crippen molar-refractivity contribution in [3.05, 3.63) is 21.9 Å². The molecule has 1 aromatic rings. The molecular weight excluding hydrogens is 264 g/mol. The summed E-state index contributed by atoms with van der Waals surface area (Å²) in [7, 11) is 0. The lowest BCUT2D eigenvalue weighted by atomic mass is 10.1. The van der Waals surface area contributed by atoms with Gasteiger partial charge >= 0.3 is 0 Å². The third kappa shape index (κ3) is 3.77. The van der Waals surface area contributed by atoms with Gasteiger partial charge in [-0.15, -0.1) is 11.3 Å². The second-order valence-electron chi connectivity index (χ2n) is 4.11. The second kappa shape index (κ2) is 6.83. The molecule has 1 unspecified atom stereocenters. The van der Waals surface area contributed by atoms with Gasteiger partial charge in [0.25, 0.3) is 5.91 Å². The van der Waals surface area contributed by atoms with Crippen LogP contribution in [0.3, 0.4) is 0 Å². The summed E-state index contributed by atoms with van der Waals surface area (Å²) >= 11 is 3.38. The first kappa shape index (κ1) is 13.5. The summed E-state index contributed by atoms with van der Waals surface area (Å²) in [5.74, 6) is 8.76. The van der Waals surface area contributed by atoms with Gasteiger partial charge in [-0.25, -0.2) is 0 Å². The molecular formula is C13H16N2OS2. The van der Waals surface area contributed by atoms with E-state index in [1.54, 1.807) is 0 Å². The van der Waals surface area contributed by atoms with Crippen molar-refractivity contribution in [3.63, 3.8) is 0 Å². The van der Waals surface area contributed by atoms with E-state index in [-0.39, 0.29) is 5.91 Å². The zero-order valence-electron chi connectivity index (χ0n) is 10.1. The molecule has 3 nitrogen and oxygen atoms in total. The lowest BCUT2D eigenvalue weighted by Crippen LogP contribution is -2.28. The molecule has 5 heteroatoms. The number of thioether (sulfide) groups is 1. The Labute approximate surface area is 116 Å². The Hall–Kier alpha value is -0.960. The molecule has 0 saturated carbocycles. The van der Waals surface area contributed by atoms with Crippen molar-refractivity contribution in [1.29, 1.82) is 0 Å². The predicted octanol–water partition coefficient (Wildman–Crippen LogP) is 1.54. The minimum atomic E-state index is 0.0118. The van der Waals surface area contributed by atoms with E-state index in [2.05, 4.69) is 17.2 Å². The van der Waals surface area contributed by atoms with E-state index in [9.17, 15) is 4.79 Å². The number of carbonyl (C=O) groups excluding carboxylic acids is 1. The molecule has 0 aliphatic carbocycles. The molecule has 0 aromatic carbocycles. The number of nitrogens with two attached hydrogens (primary N) is 1. The number of hydrogen-bond donors (Lipinski definition) is 2. The number of thiophene rings is 1. The normalized spacial score (nSPS) is 18.2. The summed E-state index contributed by atoms with van der Waals surface area (Å²) in [6.45, 7) is 1.13. The summed E-state index contributed by atoms with van der Waals surface area (Å²) < 4.78 is 0. The van der Waals surface area contributed by atoms with E-state index in [1.165, 1.54) is 23.5 Å². The molecule has 1 atom stereocenters. The standard InChI is InChI=1S/C13H16N2OS2/c14-6-1-2-11-3-4-12(18-11)13(16)15-8-10-5-7-17-9-10/h3-4,10H,5-9,14H2,(H,15,16). The van der Waals surface area contributed by atoms with Crippen molar-refractivity contribution in [3.8, 4) is 11.8 Å². The highest BCUT2D eigenvalue weighted by Gasteiger charge is 2.17. The van der Waals surface area contributed by atoms with Crippen LogP contribution < -0.4 is 11.1 Å². The fourth-order valence-corrected chi connectivity index (χ4v) is 3.82. The smallest absolute Gasteiger partial charge is 0.261 e. The largest absolute Gasteiger partial charge is 0.351 e. The van der Waals surface area contributed by atoms with Gasteiger partial charge in [0.15, 0.2) is 0 Å². The van der Waals surface area contributed by atoms with E-state index < -0.39 is 0 Å². The van der Waals surface area contributed by atoms with Crippen molar-refractivity contribution in [2.75, 3.05) is 24.6 Å². The Bertz CT molecular complexity index is 467. The first-order chi connectivity index (χ1) is 8.79. The molecule has 1 amide bonds. The van der Waals surface area contributed by atoms with Crippen molar-refractivity contribution < 1.29 is 4.79 Å². The van der Waals surface area contributed by atoms with Crippen LogP contribution in [-0.4, -0.2) is 30.5 Å². The topological polar surface area (TPSA) is 55.1 Å². The molecule has 1 aliphatic heterocycles. The van der Waals surface area contributed by atoms with E-state index in [4.69, 9.17) is 5.73 Å². The highest BCUT2D eigenvalue weighted by atomic mass is 32.2. The minimum Gasteiger partial charge on any atom is -0.351 e. The molecule has 96 valence electrons. The highest BCUT2D eigenvalue weighted by Crippen LogP contribution is 2.22. The highest BCUT2D eigenvalue weighted by molar-refractivity contribution is 7.99. The van der Waals surface area contributed by atoms with Crippen LogP contribution in [-0.2, 0) is 0 Å². The Morgan fingerprint density at radius 1 is 1.56 bits per heavy atom. The van der Waals surface area contributed by atoms with E-state index in [1.807, 2.05) is 23.9 Å². The van der Waals surface area contributed by atoms with Crippen LogP contribution >= 0.6 is 23.1 Å². The number of nitrogens with one attached hydrogen (secondary N) is 1. The van der Waals surface area contributed by atoms with Gasteiger partial charge in [0, 0.05) is 6.54 Å². The lowest BCUT2D eigenvalue weighted by molar-refractivity contribution is 0.0952. The van der Waals surface area contributed by atoms with Crippen LogP contribution in [0.25, 0.3) is 0 Å². The van der Waals surface area contributed by atoms with Crippen LogP contribution in [0.2, 0.25) is 0 Å². The van der Waals surface area contributed by atoms with Crippen molar-refractivity contribution in [1.82, 2.24) is 5.32 Å². The van der Waals surface area contributed by atoms with Gasteiger partial charge in [0.1, 0.15) is 0 Å².